The summed E-state index contributed by atoms with van der Waals surface area (Å²) in [6, 6.07) is 1.47. The van der Waals surface area contributed by atoms with Gasteiger partial charge in [-0.2, -0.15) is 11.8 Å². The van der Waals surface area contributed by atoms with Gasteiger partial charge in [0.15, 0.2) is 0 Å². The van der Waals surface area contributed by atoms with E-state index in [1.807, 2.05) is 11.8 Å². The summed E-state index contributed by atoms with van der Waals surface area (Å²) < 4.78 is 0. The molecule has 0 aromatic rings. The highest BCUT2D eigenvalue weighted by Crippen LogP contribution is 2.29. The molecule has 1 fully saturated rings. The summed E-state index contributed by atoms with van der Waals surface area (Å²) in [5, 5.41) is 3.80. The number of rotatable bonds is 6. The molecule has 0 radical (unpaired) electrons. The highest BCUT2D eigenvalue weighted by molar-refractivity contribution is 7.98. The Hall–Kier alpha value is 0.310. The van der Waals surface area contributed by atoms with Gasteiger partial charge in [0.25, 0.3) is 0 Å². The zero-order valence-electron chi connectivity index (χ0n) is 11.5. The molecule has 16 heavy (non-hydrogen) atoms. The second-order valence-electron chi connectivity index (χ2n) is 5.88. The third-order valence-electron chi connectivity index (χ3n) is 3.52. The summed E-state index contributed by atoms with van der Waals surface area (Å²) in [6.45, 7) is 7.03. The van der Waals surface area contributed by atoms with Gasteiger partial charge < -0.3 is 5.32 Å². The lowest BCUT2D eigenvalue weighted by Gasteiger charge is -2.32. The number of hydrogen-bond acceptors (Lipinski definition) is 2. The monoisotopic (exact) mass is 243 g/mol. The molecule has 0 aromatic heterocycles. The summed E-state index contributed by atoms with van der Waals surface area (Å²) >= 11 is 1.95. The molecule has 2 heteroatoms. The van der Waals surface area contributed by atoms with Crippen LogP contribution in [-0.4, -0.2) is 24.1 Å². The standard InChI is InChI=1S/C14H29NS/c1-11(2)8-13-6-5-7-14(9-13)15-12(3)10-16-4/h11-15H,5-10H2,1-4H3. The minimum Gasteiger partial charge on any atom is -0.311 e. The minimum atomic E-state index is 0.679. The molecule has 0 bridgehead atoms. The Labute approximate surface area is 106 Å². The van der Waals surface area contributed by atoms with Gasteiger partial charge in [0.05, 0.1) is 0 Å². The van der Waals surface area contributed by atoms with Crippen molar-refractivity contribution in [3.05, 3.63) is 0 Å². The molecule has 3 atom stereocenters. The van der Waals surface area contributed by atoms with E-state index in [-0.39, 0.29) is 0 Å². The van der Waals surface area contributed by atoms with Gasteiger partial charge in [-0.1, -0.05) is 26.7 Å². The molecular weight excluding hydrogens is 214 g/mol. The lowest BCUT2D eigenvalue weighted by Crippen LogP contribution is -2.41. The molecule has 0 aromatic carbocycles. The minimum absolute atomic E-state index is 0.679. The Morgan fingerprint density at radius 1 is 1.25 bits per heavy atom. The van der Waals surface area contributed by atoms with Crippen molar-refractivity contribution in [2.45, 2.75) is 65.0 Å². The molecule has 0 heterocycles. The van der Waals surface area contributed by atoms with Crippen molar-refractivity contribution in [2.24, 2.45) is 11.8 Å². The van der Waals surface area contributed by atoms with Gasteiger partial charge in [0.2, 0.25) is 0 Å². The maximum absolute atomic E-state index is 3.80. The van der Waals surface area contributed by atoms with Crippen molar-refractivity contribution in [1.82, 2.24) is 5.32 Å². The van der Waals surface area contributed by atoms with Gasteiger partial charge in [-0.25, -0.2) is 0 Å². The van der Waals surface area contributed by atoms with Gasteiger partial charge in [0.1, 0.15) is 0 Å². The van der Waals surface area contributed by atoms with Gasteiger partial charge in [-0.05, 0) is 44.3 Å². The average molecular weight is 243 g/mol. The van der Waals surface area contributed by atoms with Crippen LogP contribution in [0.15, 0.2) is 0 Å². The SMILES string of the molecule is CSCC(C)NC1CCCC(CC(C)C)C1. The van der Waals surface area contributed by atoms with Crippen LogP contribution in [0.5, 0.6) is 0 Å². The predicted molar refractivity (Wildman–Crippen MR) is 76.2 cm³/mol. The van der Waals surface area contributed by atoms with E-state index in [1.165, 1.54) is 37.9 Å². The van der Waals surface area contributed by atoms with Crippen LogP contribution in [-0.2, 0) is 0 Å². The number of nitrogens with one attached hydrogen (secondary N) is 1. The normalized spacial score (nSPS) is 28.3. The highest BCUT2D eigenvalue weighted by Gasteiger charge is 2.23. The van der Waals surface area contributed by atoms with Crippen LogP contribution in [0.25, 0.3) is 0 Å². The fourth-order valence-corrected chi connectivity index (χ4v) is 3.62. The maximum atomic E-state index is 3.80. The van der Waals surface area contributed by atoms with Crippen LogP contribution in [0.1, 0.15) is 52.9 Å². The summed E-state index contributed by atoms with van der Waals surface area (Å²) in [5.74, 6) is 3.09. The fraction of sp³-hybridized carbons (Fsp3) is 1.00. The topological polar surface area (TPSA) is 12.0 Å². The molecule has 96 valence electrons. The quantitative estimate of drug-likeness (QED) is 0.758. The summed E-state index contributed by atoms with van der Waals surface area (Å²) in [6.07, 6.45) is 9.33. The molecule has 1 saturated carbocycles. The van der Waals surface area contributed by atoms with Crippen molar-refractivity contribution in [1.29, 1.82) is 0 Å². The van der Waals surface area contributed by atoms with Crippen molar-refractivity contribution < 1.29 is 0 Å². The Morgan fingerprint density at radius 3 is 2.62 bits per heavy atom. The van der Waals surface area contributed by atoms with E-state index >= 15 is 0 Å². The van der Waals surface area contributed by atoms with E-state index in [0.717, 1.165) is 17.9 Å². The highest BCUT2D eigenvalue weighted by atomic mass is 32.2. The molecule has 1 aliphatic carbocycles. The van der Waals surface area contributed by atoms with Crippen LogP contribution in [0.3, 0.4) is 0 Å². The second-order valence-corrected chi connectivity index (χ2v) is 6.79. The first-order valence-electron chi connectivity index (χ1n) is 6.86. The molecule has 1 N–H and O–H groups in total. The van der Waals surface area contributed by atoms with Crippen LogP contribution in [0, 0.1) is 11.8 Å². The largest absolute Gasteiger partial charge is 0.311 e. The molecule has 3 unspecified atom stereocenters. The van der Waals surface area contributed by atoms with Crippen molar-refractivity contribution >= 4 is 11.8 Å². The Balaban J connectivity index is 2.27. The molecule has 0 aliphatic heterocycles. The molecule has 0 amide bonds. The third-order valence-corrected chi connectivity index (χ3v) is 4.36. The van der Waals surface area contributed by atoms with E-state index in [4.69, 9.17) is 0 Å². The maximum Gasteiger partial charge on any atom is 0.0132 e. The predicted octanol–water partition coefficient (Wildman–Crippen LogP) is 3.93. The van der Waals surface area contributed by atoms with Gasteiger partial charge in [0, 0.05) is 17.8 Å². The number of hydrogen-bond donors (Lipinski definition) is 1. The first-order valence-corrected chi connectivity index (χ1v) is 8.26. The van der Waals surface area contributed by atoms with Crippen LogP contribution >= 0.6 is 11.8 Å². The molecule has 0 saturated heterocycles. The molecule has 1 nitrogen and oxygen atoms in total. The molecule has 1 rings (SSSR count). The molecular formula is C14H29NS. The Bertz CT molecular complexity index is 182. The van der Waals surface area contributed by atoms with Crippen molar-refractivity contribution in [2.75, 3.05) is 12.0 Å². The van der Waals surface area contributed by atoms with Crippen LogP contribution < -0.4 is 5.32 Å². The van der Waals surface area contributed by atoms with Gasteiger partial charge in [-0.3, -0.25) is 0 Å². The van der Waals surface area contributed by atoms with E-state index in [1.54, 1.807) is 0 Å². The van der Waals surface area contributed by atoms with Crippen molar-refractivity contribution in [3.8, 4) is 0 Å². The smallest absolute Gasteiger partial charge is 0.0132 e. The zero-order valence-corrected chi connectivity index (χ0v) is 12.3. The van der Waals surface area contributed by atoms with E-state index in [9.17, 15) is 0 Å². The lowest BCUT2D eigenvalue weighted by molar-refractivity contribution is 0.245. The summed E-state index contributed by atoms with van der Waals surface area (Å²) in [7, 11) is 0. The van der Waals surface area contributed by atoms with Gasteiger partial charge >= 0.3 is 0 Å². The van der Waals surface area contributed by atoms with Gasteiger partial charge in [-0.15, -0.1) is 0 Å². The summed E-state index contributed by atoms with van der Waals surface area (Å²) in [5.41, 5.74) is 0. The van der Waals surface area contributed by atoms with Crippen LogP contribution in [0.2, 0.25) is 0 Å². The Kier molecular flexibility index (Phi) is 6.83. The van der Waals surface area contributed by atoms with E-state index in [2.05, 4.69) is 32.3 Å². The lowest BCUT2D eigenvalue weighted by atomic mass is 9.81. The third kappa shape index (κ3) is 5.58. The first kappa shape index (κ1) is 14.4. The number of thioether (sulfide) groups is 1. The van der Waals surface area contributed by atoms with Crippen LogP contribution in [0.4, 0.5) is 0 Å². The van der Waals surface area contributed by atoms with Crippen molar-refractivity contribution in [3.63, 3.8) is 0 Å². The van der Waals surface area contributed by atoms with E-state index < -0.39 is 0 Å². The van der Waals surface area contributed by atoms with E-state index in [0.29, 0.717) is 6.04 Å². The zero-order chi connectivity index (χ0) is 12.0. The fourth-order valence-electron chi connectivity index (χ4n) is 3.02. The summed E-state index contributed by atoms with van der Waals surface area (Å²) in [4.78, 5) is 0. The first-order chi connectivity index (χ1) is 7.61. The second kappa shape index (κ2) is 7.60. The molecule has 0 spiro atoms. The average Bonchev–Trinajstić information content (AvgIpc) is 2.17. The Morgan fingerprint density at radius 2 is 2.00 bits per heavy atom. The molecule has 1 aliphatic rings.